The van der Waals surface area contributed by atoms with Gasteiger partial charge in [0.25, 0.3) is 0 Å². The third kappa shape index (κ3) is 2.84. The van der Waals surface area contributed by atoms with Crippen LogP contribution in [0.25, 0.3) is 0 Å². The molecule has 2 rings (SSSR count). The highest BCUT2D eigenvalue weighted by Crippen LogP contribution is 2.27. The van der Waals surface area contributed by atoms with Gasteiger partial charge in [0.15, 0.2) is 0 Å². The number of rotatable bonds is 3. The second kappa shape index (κ2) is 5.14. The van der Waals surface area contributed by atoms with Crippen molar-refractivity contribution < 1.29 is 5.11 Å². The molecule has 0 saturated heterocycles. The maximum absolute atomic E-state index is 9.34. The summed E-state index contributed by atoms with van der Waals surface area (Å²) >= 11 is 1.66. The van der Waals surface area contributed by atoms with E-state index in [1.165, 1.54) is 4.90 Å². The van der Waals surface area contributed by atoms with Crippen molar-refractivity contribution in [1.29, 1.82) is 0 Å². The van der Waals surface area contributed by atoms with E-state index in [4.69, 9.17) is 0 Å². The van der Waals surface area contributed by atoms with Gasteiger partial charge in [-0.3, -0.25) is 4.98 Å². The Morgan fingerprint density at radius 3 is 2.38 bits per heavy atom. The van der Waals surface area contributed by atoms with Crippen LogP contribution in [0.3, 0.4) is 0 Å². The molecular formula is C13H13NOS. The van der Waals surface area contributed by atoms with Crippen LogP contribution >= 0.6 is 11.8 Å². The molecule has 16 heavy (non-hydrogen) atoms. The highest BCUT2D eigenvalue weighted by atomic mass is 32.2. The molecule has 0 saturated carbocycles. The van der Waals surface area contributed by atoms with Crippen molar-refractivity contribution in [2.75, 3.05) is 0 Å². The monoisotopic (exact) mass is 231 g/mol. The van der Waals surface area contributed by atoms with Crippen LogP contribution in [-0.2, 0) is 0 Å². The van der Waals surface area contributed by atoms with E-state index in [2.05, 4.69) is 17.1 Å². The Labute approximate surface area is 99.4 Å². The molecule has 0 aliphatic heterocycles. The zero-order chi connectivity index (χ0) is 11.4. The van der Waals surface area contributed by atoms with Gasteiger partial charge in [-0.2, -0.15) is 0 Å². The van der Waals surface area contributed by atoms with Gasteiger partial charge in [-0.05, 0) is 31.2 Å². The number of aromatic nitrogens is 1. The first-order valence-electron chi connectivity index (χ1n) is 5.12. The average Bonchev–Trinajstić information content (AvgIpc) is 2.31. The smallest absolute Gasteiger partial charge is 0.0931 e. The van der Waals surface area contributed by atoms with E-state index in [-0.39, 0.29) is 0 Å². The maximum Gasteiger partial charge on any atom is 0.0931 e. The maximum atomic E-state index is 9.34. The molecular weight excluding hydrogens is 218 g/mol. The molecule has 0 spiro atoms. The lowest BCUT2D eigenvalue weighted by atomic mass is 10.2. The van der Waals surface area contributed by atoms with Gasteiger partial charge < -0.3 is 5.11 Å². The van der Waals surface area contributed by atoms with E-state index < -0.39 is 6.10 Å². The zero-order valence-electron chi connectivity index (χ0n) is 9.00. The average molecular weight is 231 g/mol. The van der Waals surface area contributed by atoms with Gasteiger partial charge in [-0.25, -0.2) is 0 Å². The predicted molar refractivity (Wildman–Crippen MR) is 65.4 cm³/mol. The molecule has 2 aromatic rings. The number of aliphatic hydroxyl groups excluding tert-OH is 1. The Kier molecular flexibility index (Phi) is 3.59. The molecule has 1 aromatic heterocycles. The Bertz CT molecular complexity index is 439. The Hall–Kier alpha value is -1.32. The van der Waals surface area contributed by atoms with E-state index in [0.29, 0.717) is 5.69 Å². The lowest BCUT2D eigenvalue weighted by molar-refractivity contribution is 0.194. The van der Waals surface area contributed by atoms with Gasteiger partial charge in [0.2, 0.25) is 0 Å². The van der Waals surface area contributed by atoms with Crippen molar-refractivity contribution >= 4 is 11.8 Å². The van der Waals surface area contributed by atoms with Crippen LogP contribution in [0.4, 0.5) is 0 Å². The molecule has 1 aromatic carbocycles. The SMILES string of the molecule is CC(O)c1ccc(Sc2ccccc2)cn1. The van der Waals surface area contributed by atoms with Crippen molar-refractivity contribution in [3.8, 4) is 0 Å². The fourth-order valence-corrected chi connectivity index (χ4v) is 2.13. The van der Waals surface area contributed by atoms with E-state index in [9.17, 15) is 5.11 Å². The first kappa shape index (κ1) is 11.2. The molecule has 0 amide bonds. The minimum atomic E-state index is -0.504. The van der Waals surface area contributed by atoms with Gasteiger partial charge in [-0.15, -0.1) is 0 Å². The summed E-state index contributed by atoms with van der Waals surface area (Å²) < 4.78 is 0. The molecule has 1 unspecified atom stereocenters. The summed E-state index contributed by atoms with van der Waals surface area (Å²) in [4.78, 5) is 6.47. The highest BCUT2D eigenvalue weighted by Gasteiger charge is 2.02. The van der Waals surface area contributed by atoms with E-state index in [0.717, 1.165) is 4.90 Å². The van der Waals surface area contributed by atoms with Crippen molar-refractivity contribution in [2.45, 2.75) is 22.8 Å². The van der Waals surface area contributed by atoms with Crippen LogP contribution < -0.4 is 0 Å². The Balaban J connectivity index is 2.11. The largest absolute Gasteiger partial charge is 0.387 e. The van der Waals surface area contributed by atoms with Gasteiger partial charge in [0, 0.05) is 16.0 Å². The standard InChI is InChI=1S/C13H13NOS/c1-10(15)13-8-7-12(9-14-13)16-11-5-3-2-4-6-11/h2-10,15H,1H3. The number of hydrogen-bond donors (Lipinski definition) is 1. The van der Waals surface area contributed by atoms with Crippen molar-refractivity contribution in [1.82, 2.24) is 4.98 Å². The summed E-state index contributed by atoms with van der Waals surface area (Å²) in [5, 5.41) is 9.34. The number of pyridine rings is 1. The van der Waals surface area contributed by atoms with Crippen LogP contribution in [0.5, 0.6) is 0 Å². The molecule has 2 nitrogen and oxygen atoms in total. The fraction of sp³-hybridized carbons (Fsp3) is 0.154. The van der Waals surface area contributed by atoms with Gasteiger partial charge in [0.1, 0.15) is 0 Å². The summed E-state index contributed by atoms with van der Waals surface area (Å²) in [5.41, 5.74) is 0.706. The fourth-order valence-electron chi connectivity index (χ4n) is 1.32. The summed E-state index contributed by atoms with van der Waals surface area (Å²) in [6.07, 6.45) is 1.29. The molecule has 0 radical (unpaired) electrons. The summed E-state index contributed by atoms with van der Waals surface area (Å²) in [6, 6.07) is 14.0. The minimum Gasteiger partial charge on any atom is -0.387 e. The molecule has 0 bridgehead atoms. The van der Waals surface area contributed by atoms with Crippen molar-refractivity contribution in [3.05, 3.63) is 54.4 Å². The summed E-state index contributed by atoms with van der Waals surface area (Å²) in [6.45, 7) is 1.71. The van der Waals surface area contributed by atoms with Crippen LogP contribution in [0.2, 0.25) is 0 Å². The Morgan fingerprint density at radius 2 is 1.81 bits per heavy atom. The van der Waals surface area contributed by atoms with Crippen LogP contribution in [0, 0.1) is 0 Å². The molecule has 1 N–H and O–H groups in total. The van der Waals surface area contributed by atoms with Crippen LogP contribution in [0.15, 0.2) is 58.5 Å². The third-order valence-electron chi connectivity index (χ3n) is 2.17. The lowest BCUT2D eigenvalue weighted by Crippen LogP contribution is -1.94. The Morgan fingerprint density at radius 1 is 1.06 bits per heavy atom. The number of hydrogen-bond acceptors (Lipinski definition) is 3. The molecule has 1 heterocycles. The van der Waals surface area contributed by atoms with E-state index >= 15 is 0 Å². The summed E-state index contributed by atoms with van der Waals surface area (Å²) in [7, 11) is 0. The van der Waals surface area contributed by atoms with Crippen LogP contribution in [0.1, 0.15) is 18.7 Å². The molecule has 0 aliphatic rings. The van der Waals surface area contributed by atoms with Crippen LogP contribution in [-0.4, -0.2) is 10.1 Å². The lowest BCUT2D eigenvalue weighted by Gasteiger charge is -2.05. The second-order valence-corrected chi connectivity index (χ2v) is 4.66. The van der Waals surface area contributed by atoms with E-state index in [1.54, 1.807) is 24.9 Å². The normalized spacial score (nSPS) is 12.4. The number of aliphatic hydroxyl groups is 1. The number of benzene rings is 1. The zero-order valence-corrected chi connectivity index (χ0v) is 9.82. The molecule has 3 heteroatoms. The van der Waals surface area contributed by atoms with E-state index in [1.807, 2.05) is 30.3 Å². The van der Waals surface area contributed by atoms with Crippen molar-refractivity contribution in [3.63, 3.8) is 0 Å². The minimum absolute atomic E-state index is 0.504. The number of nitrogens with zero attached hydrogens (tertiary/aromatic N) is 1. The predicted octanol–water partition coefficient (Wildman–Crippen LogP) is 3.29. The molecule has 0 aliphatic carbocycles. The first-order chi connectivity index (χ1) is 7.75. The third-order valence-corrected chi connectivity index (χ3v) is 3.15. The van der Waals surface area contributed by atoms with Crippen molar-refractivity contribution in [2.24, 2.45) is 0 Å². The highest BCUT2D eigenvalue weighted by molar-refractivity contribution is 7.99. The summed E-state index contributed by atoms with van der Waals surface area (Å²) in [5.74, 6) is 0. The topological polar surface area (TPSA) is 33.1 Å². The van der Waals surface area contributed by atoms with Gasteiger partial charge >= 0.3 is 0 Å². The quantitative estimate of drug-likeness (QED) is 0.880. The molecule has 1 atom stereocenters. The van der Waals surface area contributed by atoms with Gasteiger partial charge in [-0.1, -0.05) is 30.0 Å². The van der Waals surface area contributed by atoms with Gasteiger partial charge in [0.05, 0.1) is 11.8 Å². The second-order valence-electron chi connectivity index (χ2n) is 3.51. The molecule has 0 fully saturated rings. The molecule has 82 valence electrons. The first-order valence-corrected chi connectivity index (χ1v) is 5.94.